The molecular formula is C12H15NO. The molecule has 1 aromatic heterocycles. The summed E-state index contributed by atoms with van der Waals surface area (Å²) < 4.78 is 5.21. The summed E-state index contributed by atoms with van der Waals surface area (Å²) in [6.45, 7) is 4.31. The second-order valence-corrected chi connectivity index (χ2v) is 3.49. The van der Waals surface area contributed by atoms with Gasteiger partial charge in [-0.3, -0.25) is 0 Å². The highest BCUT2D eigenvalue weighted by Crippen LogP contribution is 2.25. The van der Waals surface area contributed by atoms with Crippen molar-refractivity contribution in [1.29, 1.82) is 0 Å². The minimum Gasteiger partial charge on any atom is -0.497 e. The highest BCUT2D eigenvalue weighted by Gasteiger charge is 2.06. The monoisotopic (exact) mass is 189 g/mol. The Labute approximate surface area is 83.9 Å². The summed E-state index contributed by atoms with van der Waals surface area (Å²) in [7, 11) is 1.70. The fourth-order valence-electron chi connectivity index (χ4n) is 1.84. The van der Waals surface area contributed by atoms with Crippen molar-refractivity contribution in [2.75, 3.05) is 7.11 Å². The number of methoxy groups -OCH3 is 1. The van der Waals surface area contributed by atoms with Crippen LogP contribution in [0.2, 0.25) is 0 Å². The average molecular weight is 189 g/mol. The van der Waals surface area contributed by atoms with Gasteiger partial charge in [0.1, 0.15) is 5.75 Å². The number of aromatic amines is 1. The molecule has 0 aliphatic heterocycles. The SMILES string of the molecule is CCc1[nH]c2ccc(OC)cc2c1C. The van der Waals surface area contributed by atoms with E-state index in [1.807, 2.05) is 6.07 Å². The van der Waals surface area contributed by atoms with Gasteiger partial charge in [0.25, 0.3) is 0 Å². The van der Waals surface area contributed by atoms with Crippen LogP contribution in [0.25, 0.3) is 10.9 Å². The zero-order valence-electron chi connectivity index (χ0n) is 8.85. The zero-order valence-corrected chi connectivity index (χ0v) is 8.85. The fraction of sp³-hybridized carbons (Fsp3) is 0.333. The molecule has 0 aliphatic rings. The van der Waals surface area contributed by atoms with Gasteiger partial charge in [-0.2, -0.15) is 0 Å². The van der Waals surface area contributed by atoms with Crippen LogP contribution in [0.1, 0.15) is 18.2 Å². The molecule has 0 unspecified atom stereocenters. The molecule has 0 aliphatic carbocycles. The first kappa shape index (κ1) is 9.13. The molecule has 0 saturated carbocycles. The summed E-state index contributed by atoms with van der Waals surface area (Å²) >= 11 is 0. The lowest BCUT2D eigenvalue weighted by Crippen LogP contribution is -1.81. The molecule has 1 N–H and O–H groups in total. The third-order valence-electron chi connectivity index (χ3n) is 2.72. The maximum atomic E-state index is 5.21. The van der Waals surface area contributed by atoms with Crippen molar-refractivity contribution < 1.29 is 4.74 Å². The Hall–Kier alpha value is -1.44. The van der Waals surface area contributed by atoms with Crippen molar-refractivity contribution in [1.82, 2.24) is 4.98 Å². The van der Waals surface area contributed by atoms with Crippen molar-refractivity contribution in [2.24, 2.45) is 0 Å². The molecule has 14 heavy (non-hydrogen) atoms. The molecule has 0 spiro atoms. The number of hydrogen-bond donors (Lipinski definition) is 1. The van der Waals surface area contributed by atoms with E-state index in [0.29, 0.717) is 0 Å². The average Bonchev–Trinajstić information content (AvgIpc) is 2.55. The molecule has 1 aromatic carbocycles. The minimum atomic E-state index is 0.919. The first-order valence-corrected chi connectivity index (χ1v) is 4.91. The van der Waals surface area contributed by atoms with Gasteiger partial charge in [0.05, 0.1) is 7.11 Å². The molecule has 2 aromatic rings. The molecule has 0 saturated heterocycles. The van der Waals surface area contributed by atoms with Gasteiger partial charge in [-0.15, -0.1) is 0 Å². The Kier molecular flexibility index (Phi) is 2.20. The smallest absolute Gasteiger partial charge is 0.119 e. The third kappa shape index (κ3) is 1.27. The summed E-state index contributed by atoms with van der Waals surface area (Å²) in [5.41, 5.74) is 3.84. The maximum absolute atomic E-state index is 5.21. The van der Waals surface area contributed by atoms with E-state index in [4.69, 9.17) is 4.74 Å². The van der Waals surface area contributed by atoms with Crippen LogP contribution >= 0.6 is 0 Å². The van der Waals surface area contributed by atoms with E-state index >= 15 is 0 Å². The van der Waals surface area contributed by atoms with Crippen LogP contribution in [-0.2, 0) is 6.42 Å². The number of ether oxygens (including phenoxy) is 1. The minimum absolute atomic E-state index is 0.919. The van der Waals surface area contributed by atoms with Crippen molar-refractivity contribution in [2.45, 2.75) is 20.3 Å². The lowest BCUT2D eigenvalue weighted by Gasteiger charge is -1.98. The number of rotatable bonds is 2. The lowest BCUT2D eigenvalue weighted by molar-refractivity contribution is 0.415. The van der Waals surface area contributed by atoms with Gasteiger partial charge in [-0.05, 0) is 37.1 Å². The van der Waals surface area contributed by atoms with Gasteiger partial charge in [0.15, 0.2) is 0 Å². The van der Waals surface area contributed by atoms with Gasteiger partial charge in [-0.1, -0.05) is 6.92 Å². The van der Waals surface area contributed by atoms with E-state index in [-0.39, 0.29) is 0 Å². The van der Waals surface area contributed by atoms with Crippen molar-refractivity contribution >= 4 is 10.9 Å². The van der Waals surface area contributed by atoms with Gasteiger partial charge in [-0.25, -0.2) is 0 Å². The second-order valence-electron chi connectivity index (χ2n) is 3.49. The number of H-pyrrole nitrogens is 1. The van der Waals surface area contributed by atoms with Gasteiger partial charge in [0.2, 0.25) is 0 Å². The summed E-state index contributed by atoms with van der Waals surface area (Å²) in [5.74, 6) is 0.919. The van der Waals surface area contributed by atoms with Crippen molar-refractivity contribution in [3.8, 4) is 5.75 Å². The summed E-state index contributed by atoms with van der Waals surface area (Å²) in [6, 6.07) is 6.14. The van der Waals surface area contributed by atoms with Gasteiger partial charge in [0, 0.05) is 16.6 Å². The normalized spacial score (nSPS) is 10.8. The standard InChI is InChI=1S/C12H15NO/c1-4-11-8(2)10-7-9(14-3)5-6-12(10)13-11/h5-7,13H,4H2,1-3H3. The number of nitrogens with one attached hydrogen (secondary N) is 1. The van der Waals surface area contributed by atoms with Crippen LogP contribution in [-0.4, -0.2) is 12.1 Å². The molecule has 0 amide bonds. The maximum Gasteiger partial charge on any atom is 0.119 e. The third-order valence-corrected chi connectivity index (χ3v) is 2.72. The number of fused-ring (bicyclic) bond motifs is 1. The number of benzene rings is 1. The van der Waals surface area contributed by atoms with Gasteiger partial charge < -0.3 is 9.72 Å². The molecule has 0 bridgehead atoms. The lowest BCUT2D eigenvalue weighted by atomic mass is 10.1. The predicted molar refractivity (Wildman–Crippen MR) is 59.0 cm³/mol. The van der Waals surface area contributed by atoms with Crippen molar-refractivity contribution in [3.05, 3.63) is 29.5 Å². The Bertz CT molecular complexity index is 457. The van der Waals surface area contributed by atoms with Gasteiger partial charge >= 0.3 is 0 Å². The highest BCUT2D eigenvalue weighted by atomic mass is 16.5. The molecule has 0 atom stereocenters. The zero-order chi connectivity index (χ0) is 10.1. The topological polar surface area (TPSA) is 25.0 Å². The molecular weight excluding hydrogens is 174 g/mol. The summed E-state index contributed by atoms with van der Waals surface area (Å²) in [6.07, 6.45) is 1.04. The van der Waals surface area contributed by atoms with Crippen LogP contribution in [0.3, 0.4) is 0 Å². The van der Waals surface area contributed by atoms with E-state index < -0.39 is 0 Å². The molecule has 0 fully saturated rings. The molecule has 0 radical (unpaired) electrons. The van der Waals surface area contributed by atoms with Crippen LogP contribution < -0.4 is 4.74 Å². The van der Waals surface area contributed by atoms with E-state index in [9.17, 15) is 0 Å². The Morgan fingerprint density at radius 1 is 1.36 bits per heavy atom. The molecule has 74 valence electrons. The Morgan fingerprint density at radius 2 is 2.14 bits per heavy atom. The van der Waals surface area contributed by atoms with Crippen molar-refractivity contribution in [3.63, 3.8) is 0 Å². The largest absolute Gasteiger partial charge is 0.497 e. The van der Waals surface area contributed by atoms with Crippen LogP contribution in [0, 0.1) is 6.92 Å². The van der Waals surface area contributed by atoms with E-state index in [1.54, 1.807) is 7.11 Å². The molecule has 1 heterocycles. The number of aryl methyl sites for hydroxylation is 2. The van der Waals surface area contributed by atoms with Crippen LogP contribution in [0.15, 0.2) is 18.2 Å². The Balaban J connectivity index is 2.68. The summed E-state index contributed by atoms with van der Waals surface area (Å²) in [5, 5.41) is 1.27. The van der Waals surface area contributed by atoms with E-state index in [1.165, 1.54) is 22.2 Å². The first-order valence-electron chi connectivity index (χ1n) is 4.91. The van der Waals surface area contributed by atoms with Crippen LogP contribution in [0.5, 0.6) is 5.75 Å². The molecule has 2 rings (SSSR count). The number of aromatic nitrogens is 1. The van der Waals surface area contributed by atoms with E-state index in [0.717, 1.165) is 12.2 Å². The number of hydrogen-bond acceptors (Lipinski definition) is 1. The quantitative estimate of drug-likeness (QED) is 0.771. The second kappa shape index (κ2) is 3.37. The predicted octanol–water partition coefficient (Wildman–Crippen LogP) is 3.05. The highest BCUT2D eigenvalue weighted by molar-refractivity contribution is 5.85. The molecule has 2 heteroatoms. The van der Waals surface area contributed by atoms with Crippen LogP contribution in [0.4, 0.5) is 0 Å². The fourth-order valence-corrected chi connectivity index (χ4v) is 1.84. The van der Waals surface area contributed by atoms with E-state index in [2.05, 4.69) is 31.0 Å². The summed E-state index contributed by atoms with van der Waals surface area (Å²) in [4.78, 5) is 3.41. The Morgan fingerprint density at radius 3 is 2.79 bits per heavy atom. The first-order chi connectivity index (χ1) is 6.76. The molecule has 2 nitrogen and oxygen atoms in total.